The van der Waals surface area contributed by atoms with Crippen LogP contribution in [0.1, 0.15) is 32.7 Å². The number of aromatic nitrogens is 2. The highest BCUT2D eigenvalue weighted by atomic mass is 32.1. The van der Waals surface area contributed by atoms with E-state index < -0.39 is 12.0 Å². The van der Waals surface area contributed by atoms with Crippen molar-refractivity contribution in [3.8, 4) is 22.6 Å². The van der Waals surface area contributed by atoms with Gasteiger partial charge in [0.15, 0.2) is 11.5 Å². The molecule has 0 unspecified atom stereocenters. The molecule has 2 heterocycles. The van der Waals surface area contributed by atoms with Crippen molar-refractivity contribution in [3.05, 3.63) is 40.3 Å². The van der Waals surface area contributed by atoms with E-state index >= 15 is 0 Å². The van der Waals surface area contributed by atoms with E-state index in [1.807, 2.05) is 24.4 Å². The molecule has 0 aliphatic carbocycles. The number of carbonyl (C=O) groups is 1. The van der Waals surface area contributed by atoms with E-state index in [0.29, 0.717) is 28.3 Å². The summed E-state index contributed by atoms with van der Waals surface area (Å²) < 4.78 is 17.3. The Hall–Kier alpha value is -2.87. The fourth-order valence-corrected chi connectivity index (χ4v) is 3.90. The number of methoxy groups -OCH3 is 2. The molecule has 0 bridgehead atoms. The fraction of sp³-hybridized carbons (Fsp3) is 0.381. The lowest BCUT2D eigenvalue weighted by atomic mass is 10.1. The number of esters is 1. The lowest BCUT2D eigenvalue weighted by Crippen LogP contribution is -2.29. The molecule has 8 heteroatoms. The first kappa shape index (κ1) is 20.9. The molecule has 0 aliphatic heterocycles. The van der Waals surface area contributed by atoms with Crippen LogP contribution >= 0.6 is 11.3 Å². The van der Waals surface area contributed by atoms with Crippen molar-refractivity contribution >= 4 is 27.5 Å². The van der Waals surface area contributed by atoms with Gasteiger partial charge >= 0.3 is 5.97 Å². The van der Waals surface area contributed by atoms with Gasteiger partial charge in [0.2, 0.25) is 0 Å². The number of hydrogen-bond donors (Lipinski definition) is 0. The number of carbonyl (C=O) groups excluding carboxylic acids is 1. The third kappa shape index (κ3) is 4.12. The van der Waals surface area contributed by atoms with E-state index in [4.69, 9.17) is 14.2 Å². The largest absolute Gasteiger partial charge is 0.493 e. The molecule has 0 spiro atoms. The number of fused-ring (bicyclic) bond motifs is 1. The molecular formula is C21H24N2O5S. The van der Waals surface area contributed by atoms with E-state index in [1.165, 1.54) is 22.2 Å². The summed E-state index contributed by atoms with van der Waals surface area (Å²) in [4.78, 5) is 30.5. The minimum atomic E-state index is -0.755. The van der Waals surface area contributed by atoms with Gasteiger partial charge in [-0.3, -0.25) is 9.36 Å². The molecule has 0 radical (unpaired) electrons. The minimum absolute atomic E-state index is 0.277. The van der Waals surface area contributed by atoms with Crippen molar-refractivity contribution in [2.24, 2.45) is 0 Å². The molecule has 0 amide bonds. The molecular weight excluding hydrogens is 392 g/mol. The van der Waals surface area contributed by atoms with Crippen molar-refractivity contribution in [1.29, 1.82) is 0 Å². The number of ether oxygens (including phenoxy) is 3. The standard InChI is InChI=1S/C21H24N2O5S/c1-5-6-9-28-21(25)13(2)23-12-22-19-18(20(23)24)15(11-29-19)14-7-8-16(26-3)17(10-14)27-4/h7-8,10-13H,5-6,9H2,1-4H3/t13-/m0/s1. The van der Waals surface area contributed by atoms with Gasteiger partial charge in [0.1, 0.15) is 10.9 Å². The predicted octanol–water partition coefficient (Wildman–Crippen LogP) is 4.05. The third-order valence-electron chi connectivity index (χ3n) is 4.71. The Bertz CT molecular complexity index is 1070. The summed E-state index contributed by atoms with van der Waals surface area (Å²) in [5.41, 5.74) is 1.27. The summed E-state index contributed by atoms with van der Waals surface area (Å²) in [6.45, 7) is 4.01. The number of hydrogen-bond acceptors (Lipinski definition) is 7. The molecule has 0 saturated carbocycles. The maximum Gasteiger partial charge on any atom is 0.328 e. The fourth-order valence-electron chi connectivity index (χ4n) is 2.99. The molecule has 0 saturated heterocycles. The maximum atomic E-state index is 13.2. The van der Waals surface area contributed by atoms with Crippen LogP contribution in [0.15, 0.2) is 34.7 Å². The van der Waals surface area contributed by atoms with Crippen LogP contribution in [-0.4, -0.2) is 36.3 Å². The van der Waals surface area contributed by atoms with Crippen LogP contribution in [0.4, 0.5) is 0 Å². The van der Waals surface area contributed by atoms with Crippen molar-refractivity contribution in [2.75, 3.05) is 20.8 Å². The van der Waals surface area contributed by atoms with E-state index in [-0.39, 0.29) is 5.56 Å². The zero-order valence-electron chi connectivity index (χ0n) is 16.9. The number of nitrogens with zero attached hydrogens (tertiary/aromatic N) is 2. The van der Waals surface area contributed by atoms with Gasteiger partial charge in [-0.1, -0.05) is 19.4 Å². The lowest BCUT2D eigenvalue weighted by Gasteiger charge is -2.14. The van der Waals surface area contributed by atoms with Gasteiger partial charge in [0, 0.05) is 10.9 Å². The Labute approximate surface area is 172 Å². The van der Waals surface area contributed by atoms with Gasteiger partial charge in [-0.05, 0) is 31.0 Å². The average Bonchev–Trinajstić information content (AvgIpc) is 3.18. The van der Waals surface area contributed by atoms with Crippen LogP contribution < -0.4 is 15.0 Å². The number of thiophene rings is 1. The van der Waals surface area contributed by atoms with Crippen LogP contribution in [0.3, 0.4) is 0 Å². The second-order valence-corrected chi connectivity index (χ2v) is 7.41. The smallest absolute Gasteiger partial charge is 0.328 e. The molecule has 0 N–H and O–H groups in total. The van der Waals surface area contributed by atoms with Gasteiger partial charge < -0.3 is 14.2 Å². The highest BCUT2D eigenvalue weighted by Crippen LogP contribution is 2.36. The van der Waals surface area contributed by atoms with E-state index in [2.05, 4.69) is 4.98 Å². The summed E-state index contributed by atoms with van der Waals surface area (Å²) in [5.74, 6) is 0.737. The highest BCUT2D eigenvalue weighted by molar-refractivity contribution is 7.17. The van der Waals surface area contributed by atoms with Crippen LogP contribution in [0.25, 0.3) is 21.3 Å². The van der Waals surface area contributed by atoms with Gasteiger partial charge in [-0.2, -0.15) is 0 Å². The predicted molar refractivity (Wildman–Crippen MR) is 113 cm³/mol. The lowest BCUT2D eigenvalue weighted by molar-refractivity contribution is -0.147. The summed E-state index contributed by atoms with van der Waals surface area (Å²) in [6, 6.07) is 4.72. The summed E-state index contributed by atoms with van der Waals surface area (Å²) in [7, 11) is 3.13. The monoisotopic (exact) mass is 416 g/mol. The molecule has 0 fully saturated rings. The van der Waals surface area contributed by atoms with Gasteiger partial charge in [-0.15, -0.1) is 11.3 Å². The first-order chi connectivity index (χ1) is 14.0. The van der Waals surface area contributed by atoms with Crippen LogP contribution in [0, 0.1) is 0 Å². The molecule has 7 nitrogen and oxygen atoms in total. The molecule has 154 valence electrons. The van der Waals surface area contributed by atoms with Gasteiger partial charge in [0.05, 0.1) is 32.5 Å². The molecule has 29 heavy (non-hydrogen) atoms. The molecule has 3 aromatic rings. The Morgan fingerprint density at radius 2 is 2.00 bits per heavy atom. The van der Waals surface area contributed by atoms with Crippen LogP contribution in [-0.2, 0) is 9.53 Å². The zero-order chi connectivity index (χ0) is 21.0. The molecule has 2 aromatic heterocycles. The highest BCUT2D eigenvalue weighted by Gasteiger charge is 2.21. The molecule has 1 aromatic carbocycles. The Kier molecular flexibility index (Phi) is 6.53. The average molecular weight is 416 g/mol. The van der Waals surface area contributed by atoms with E-state index in [0.717, 1.165) is 24.0 Å². The second kappa shape index (κ2) is 9.09. The van der Waals surface area contributed by atoms with Crippen LogP contribution in [0.2, 0.25) is 0 Å². The maximum absolute atomic E-state index is 13.2. The van der Waals surface area contributed by atoms with Crippen molar-refractivity contribution < 1.29 is 19.0 Å². The Morgan fingerprint density at radius 3 is 2.69 bits per heavy atom. The quantitative estimate of drug-likeness (QED) is 0.407. The minimum Gasteiger partial charge on any atom is -0.493 e. The van der Waals surface area contributed by atoms with E-state index in [9.17, 15) is 9.59 Å². The summed E-state index contributed by atoms with van der Waals surface area (Å²) in [5, 5.41) is 2.35. The molecule has 1 atom stereocenters. The SMILES string of the molecule is CCCCOC(=O)[C@H](C)n1cnc2scc(-c3ccc(OC)c(OC)c3)c2c1=O. The van der Waals surface area contributed by atoms with Crippen molar-refractivity contribution in [2.45, 2.75) is 32.7 Å². The first-order valence-corrected chi connectivity index (χ1v) is 10.3. The van der Waals surface area contributed by atoms with Crippen LogP contribution in [0.5, 0.6) is 11.5 Å². The molecule has 3 rings (SSSR count). The van der Waals surface area contributed by atoms with E-state index in [1.54, 1.807) is 27.2 Å². The first-order valence-electron chi connectivity index (χ1n) is 9.39. The van der Waals surface area contributed by atoms with Crippen molar-refractivity contribution in [3.63, 3.8) is 0 Å². The Balaban J connectivity index is 2.03. The van der Waals surface area contributed by atoms with Gasteiger partial charge in [0.25, 0.3) is 5.56 Å². The number of benzene rings is 1. The molecule has 0 aliphatic rings. The number of rotatable bonds is 8. The normalized spacial score (nSPS) is 12.0. The van der Waals surface area contributed by atoms with Gasteiger partial charge in [-0.25, -0.2) is 9.78 Å². The topological polar surface area (TPSA) is 79.7 Å². The summed E-state index contributed by atoms with van der Waals surface area (Å²) in [6.07, 6.45) is 3.13. The third-order valence-corrected chi connectivity index (χ3v) is 5.60. The second-order valence-electron chi connectivity index (χ2n) is 6.55. The number of unbranched alkanes of at least 4 members (excludes halogenated alkanes) is 1. The van der Waals surface area contributed by atoms with Crippen molar-refractivity contribution in [1.82, 2.24) is 9.55 Å². The Morgan fingerprint density at radius 1 is 1.24 bits per heavy atom. The zero-order valence-corrected chi connectivity index (χ0v) is 17.7. The summed E-state index contributed by atoms with van der Waals surface area (Å²) >= 11 is 1.38.